The van der Waals surface area contributed by atoms with Crippen LogP contribution in [0, 0.1) is 10.1 Å². The Morgan fingerprint density at radius 3 is 2.67 bits per heavy atom. The van der Waals surface area contributed by atoms with Crippen molar-refractivity contribution in [2.24, 2.45) is 0 Å². The number of nitro groups is 1. The summed E-state index contributed by atoms with van der Waals surface area (Å²) in [6.07, 6.45) is -0.104. The van der Waals surface area contributed by atoms with Gasteiger partial charge in [0.2, 0.25) is 0 Å². The van der Waals surface area contributed by atoms with Gasteiger partial charge in [-0.3, -0.25) is 19.7 Å². The molecule has 1 aromatic carbocycles. The number of nitrogens with zero attached hydrogens (tertiary/aromatic N) is 1. The largest absolute Gasteiger partial charge is 0.481 e. The molecular formula is C12H15N3O6. The molecule has 0 spiro atoms. The highest BCUT2D eigenvalue weighted by Crippen LogP contribution is 2.21. The zero-order valence-electron chi connectivity index (χ0n) is 11.1. The lowest BCUT2D eigenvalue weighted by Gasteiger charge is -2.06. The molecule has 0 unspecified atom stereocenters. The van der Waals surface area contributed by atoms with Crippen molar-refractivity contribution in [3.8, 4) is 0 Å². The normalized spacial score (nSPS) is 10.1. The number of carboxylic acids is 1. The molecule has 1 aromatic rings. The molecule has 9 nitrogen and oxygen atoms in total. The summed E-state index contributed by atoms with van der Waals surface area (Å²) in [7, 11) is 0. The third-order valence-corrected chi connectivity index (χ3v) is 2.48. The van der Waals surface area contributed by atoms with Crippen molar-refractivity contribution >= 4 is 23.3 Å². The highest BCUT2D eigenvalue weighted by atomic mass is 16.6. The van der Waals surface area contributed by atoms with Gasteiger partial charge in [0.05, 0.1) is 24.6 Å². The summed E-state index contributed by atoms with van der Waals surface area (Å²) in [6, 6.07) is 3.68. The van der Waals surface area contributed by atoms with E-state index in [0.717, 1.165) is 6.07 Å². The Labute approximate surface area is 119 Å². The van der Waals surface area contributed by atoms with E-state index in [1.165, 1.54) is 12.1 Å². The number of carboxylic acid groups (broad SMARTS) is 1. The molecule has 0 aliphatic carbocycles. The van der Waals surface area contributed by atoms with E-state index in [0.29, 0.717) is 0 Å². The van der Waals surface area contributed by atoms with Crippen LogP contribution in [0.15, 0.2) is 18.2 Å². The summed E-state index contributed by atoms with van der Waals surface area (Å²) in [4.78, 5) is 31.9. The van der Waals surface area contributed by atoms with E-state index in [4.69, 9.17) is 15.6 Å². The number of amides is 1. The van der Waals surface area contributed by atoms with Gasteiger partial charge in [0.15, 0.2) is 0 Å². The standard InChI is InChI=1S/C12H15N3O6/c13-9-7-8(1-2-10(9)15(19)20)12(18)14-4-6-21-5-3-11(16)17/h1-2,7H,3-6,13H2,(H,14,18)(H,16,17). The highest BCUT2D eigenvalue weighted by Gasteiger charge is 2.14. The van der Waals surface area contributed by atoms with E-state index in [2.05, 4.69) is 5.32 Å². The fourth-order valence-corrected chi connectivity index (χ4v) is 1.46. The fourth-order valence-electron chi connectivity index (χ4n) is 1.46. The zero-order valence-corrected chi connectivity index (χ0v) is 11.1. The van der Waals surface area contributed by atoms with Gasteiger partial charge in [0.25, 0.3) is 11.6 Å². The molecule has 0 heterocycles. The summed E-state index contributed by atoms with van der Waals surface area (Å²) in [5, 5.41) is 21.5. The number of nitro benzene ring substituents is 1. The van der Waals surface area contributed by atoms with Crippen LogP contribution >= 0.6 is 0 Å². The maximum Gasteiger partial charge on any atom is 0.305 e. The van der Waals surface area contributed by atoms with Gasteiger partial charge in [0.1, 0.15) is 5.69 Å². The number of hydrogen-bond acceptors (Lipinski definition) is 6. The Bertz CT molecular complexity index is 546. The lowest BCUT2D eigenvalue weighted by atomic mass is 10.1. The van der Waals surface area contributed by atoms with E-state index in [1.807, 2.05) is 0 Å². The van der Waals surface area contributed by atoms with Crippen LogP contribution in [-0.4, -0.2) is 41.7 Å². The van der Waals surface area contributed by atoms with Crippen LogP contribution in [0.2, 0.25) is 0 Å². The molecule has 1 rings (SSSR count). The molecule has 0 saturated heterocycles. The number of nitrogens with one attached hydrogen (secondary N) is 1. The van der Waals surface area contributed by atoms with Gasteiger partial charge in [-0.1, -0.05) is 0 Å². The van der Waals surface area contributed by atoms with Crippen LogP contribution in [0.1, 0.15) is 16.8 Å². The van der Waals surface area contributed by atoms with Crippen LogP contribution in [0.4, 0.5) is 11.4 Å². The quantitative estimate of drug-likeness (QED) is 0.272. The third kappa shape index (κ3) is 5.45. The van der Waals surface area contributed by atoms with Crippen LogP contribution in [0.3, 0.4) is 0 Å². The summed E-state index contributed by atoms with van der Waals surface area (Å²) in [5.41, 5.74) is 5.33. The van der Waals surface area contributed by atoms with Gasteiger partial charge in [-0.2, -0.15) is 0 Å². The monoisotopic (exact) mass is 297 g/mol. The minimum atomic E-state index is -0.958. The lowest BCUT2D eigenvalue weighted by Crippen LogP contribution is -2.27. The summed E-state index contributed by atoms with van der Waals surface area (Å²) < 4.78 is 5.00. The number of rotatable bonds is 8. The van der Waals surface area contributed by atoms with Crippen molar-refractivity contribution in [1.29, 1.82) is 0 Å². The summed E-state index contributed by atoms with van der Waals surface area (Å²) in [6.45, 7) is 0.423. The summed E-state index contributed by atoms with van der Waals surface area (Å²) in [5.74, 6) is -1.40. The van der Waals surface area contributed by atoms with E-state index in [1.54, 1.807) is 0 Å². The Balaban J connectivity index is 2.40. The first-order chi connectivity index (χ1) is 9.91. The molecule has 0 aliphatic heterocycles. The number of carbonyl (C=O) groups is 2. The van der Waals surface area contributed by atoms with Gasteiger partial charge >= 0.3 is 5.97 Å². The van der Waals surface area contributed by atoms with Gasteiger partial charge in [0, 0.05) is 18.2 Å². The number of nitrogens with two attached hydrogens (primary N) is 1. The van der Waals surface area contributed by atoms with E-state index in [9.17, 15) is 19.7 Å². The number of benzene rings is 1. The van der Waals surface area contributed by atoms with Gasteiger partial charge in [-0.25, -0.2) is 0 Å². The highest BCUT2D eigenvalue weighted by molar-refractivity contribution is 5.95. The zero-order chi connectivity index (χ0) is 15.8. The van der Waals surface area contributed by atoms with Crippen LogP contribution in [0.5, 0.6) is 0 Å². The second kappa shape index (κ2) is 7.80. The molecule has 9 heteroatoms. The second-order valence-electron chi connectivity index (χ2n) is 4.04. The molecule has 0 saturated carbocycles. The third-order valence-electron chi connectivity index (χ3n) is 2.48. The molecular weight excluding hydrogens is 282 g/mol. The van der Waals surface area contributed by atoms with E-state index < -0.39 is 16.8 Å². The lowest BCUT2D eigenvalue weighted by molar-refractivity contribution is -0.383. The van der Waals surface area contributed by atoms with Crippen molar-refractivity contribution in [3.05, 3.63) is 33.9 Å². The van der Waals surface area contributed by atoms with Crippen LogP contribution in [0.25, 0.3) is 0 Å². The second-order valence-corrected chi connectivity index (χ2v) is 4.04. The Morgan fingerprint density at radius 2 is 2.10 bits per heavy atom. The molecule has 0 fully saturated rings. The maximum atomic E-state index is 11.7. The number of ether oxygens (including phenoxy) is 1. The smallest absolute Gasteiger partial charge is 0.305 e. The fraction of sp³-hybridized carbons (Fsp3) is 0.333. The van der Waals surface area contributed by atoms with E-state index >= 15 is 0 Å². The number of anilines is 1. The van der Waals surface area contributed by atoms with Gasteiger partial charge in [-0.15, -0.1) is 0 Å². The Hall–Kier alpha value is -2.68. The van der Waals surface area contributed by atoms with Crippen molar-refractivity contribution in [1.82, 2.24) is 5.32 Å². The first-order valence-electron chi connectivity index (χ1n) is 6.03. The topological polar surface area (TPSA) is 145 Å². The summed E-state index contributed by atoms with van der Waals surface area (Å²) >= 11 is 0. The SMILES string of the molecule is Nc1cc(C(=O)NCCOCCC(=O)O)ccc1[N+](=O)[O-]. The van der Waals surface area contributed by atoms with Gasteiger partial charge in [-0.05, 0) is 12.1 Å². The van der Waals surface area contributed by atoms with Crippen LogP contribution in [-0.2, 0) is 9.53 Å². The maximum absolute atomic E-state index is 11.7. The molecule has 0 atom stereocenters. The minimum Gasteiger partial charge on any atom is -0.481 e. The predicted molar refractivity (Wildman–Crippen MR) is 72.9 cm³/mol. The van der Waals surface area contributed by atoms with Crippen molar-refractivity contribution in [2.75, 3.05) is 25.5 Å². The number of nitrogen functional groups attached to an aromatic ring is 1. The Kier molecular flexibility index (Phi) is 6.08. The van der Waals surface area contributed by atoms with Crippen molar-refractivity contribution in [3.63, 3.8) is 0 Å². The van der Waals surface area contributed by atoms with Crippen LogP contribution < -0.4 is 11.1 Å². The molecule has 21 heavy (non-hydrogen) atoms. The molecule has 4 N–H and O–H groups in total. The van der Waals surface area contributed by atoms with Crippen molar-refractivity contribution in [2.45, 2.75) is 6.42 Å². The molecule has 0 bridgehead atoms. The van der Waals surface area contributed by atoms with Gasteiger partial charge < -0.3 is 20.9 Å². The molecule has 1 amide bonds. The molecule has 0 aliphatic rings. The average Bonchev–Trinajstić information content (AvgIpc) is 2.41. The number of hydrogen-bond donors (Lipinski definition) is 3. The number of carbonyl (C=O) groups excluding carboxylic acids is 1. The molecule has 114 valence electrons. The Morgan fingerprint density at radius 1 is 1.38 bits per heavy atom. The minimum absolute atomic E-state index is 0.0652. The first-order valence-corrected chi connectivity index (χ1v) is 6.03. The average molecular weight is 297 g/mol. The van der Waals surface area contributed by atoms with Crippen molar-refractivity contribution < 1.29 is 24.4 Å². The van der Waals surface area contributed by atoms with E-state index in [-0.39, 0.29) is 43.1 Å². The molecule has 0 radical (unpaired) electrons. The number of aliphatic carboxylic acids is 1. The molecule has 0 aromatic heterocycles. The first kappa shape index (κ1) is 16.4. The predicted octanol–water partition coefficient (Wildman–Crippen LogP) is 0.398.